The highest BCUT2D eigenvalue weighted by molar-refractivity contribution is 5.82. The highest BCUT2D eigenvalue weighted by Gasteiger charge is 2.03. The minimum atomic E-state index is 0.928. The summed E-state index contributed by atoms with van der Waals surface area (Å²) < 4.78 is 5.75. The number of benzene rings is 2. The van der Waals surface area contributed by atoms with Crippen molar-refractivity contribution in [2.45, 2.75) is 0 Å². The van der Waals surface area contributed by atoms with Gasteiger partial charge in [0.05, 0.1) is 0 Å². The molecule has 0 aliphatic carbocycles. The molecule has 2 heterocycles. The molecule has 4 rings (SSSR count). The van der Waals surface area contributed by atoms with Crippen LogP contribution >= 0.6 is 0 Å². The van der Waals surface area contributed by atoms with Gasteiger partial charge in [0.25, 0.3) is 0 Å². The molecule has 0 N–H and O–H groups in total. The monoisotopic (exact) mass is 273 g/mol. The first-order valence-corrected chi connectivity index (χ1v) is 6.82. The summed E-state index contributed by atoms with van der Waals surface area (Å²) in [6.07, 6.45) is 3.50. The van der Waals surface area contributed by atoms with Gasteiger partial charge >= 0.3 is 0 Å². The Kier molecular flexibility index (Phi) is 4.08. The third kappa shape index (κ3) is 3.37. The van der Waals surface area contributed by atoms with E-state index in [0.717, 1.165) is 22.3 Å². The number of aromatic nitrogens is 1. The Morgan fingerprint density at radius 1 is 0.667 bits per heavy atom. The number of rotatable bonds is 1. The maximum absolute atomic E-state index is 5.75. The molecule has 21 heavy (non-hydrogen) atoms. The van der Waals surface area contributed by atoms with Crippen LogP contribution in [0, 0.1) is 0 Å². The predicted molar refractivity (Wildman–Crippen MR) is 85.9 cm³/mol. The first-order chi connectivity index (χ1) is 10.4. The summed E-state index contributed by atoms with van der Waals surface area (Å²) in [5, 5.41) is 1.15. The molecule has 0 spiro atoms. The van der Waals surface area contributed by atoms with Crippen LogP contribution in [0.3, 0.4) is 0 Å². The van der Waals surface area contributed by atoms with Crippen molar-refractivity contribution in [3.05, 3.63) is 91.3 Å². The smallest absolute Gasteiger partial charge is 0.135 e. The molecule has 2 heteroatoms. The Balaban J connectivity index is 0.000000186. The van der Waals surface area contributed by atoms with Gasteiger partial charge in [-0.2, -0.15) is 0 Å². The van der Waals surface area contributed by atoms with Crippen LogP contribution in [0.4, 0.5) is 0 Å². The van der Waals surface area contributed by atoms with E-state index in [1.807, 2.05) is 54.6 Å². The van der Waals surface area contributed by atoms with Crippen molar-refractivity contribution in [3.63, 3.8) is 0 Å². The van der Waals surface area contributed by atoms with E-state index < -0.39 is 0 Å². The van der Waals surface area contributed by atoms with Crippen molar-refractivity contribution in [1.29, 1.82) is 0 Å². The van der Waals surface area contributed by atoms with Crippen molar-refractivity contribution >= 4 is 11.0 Å². The van der Waals surface area contributed by atoms with Crippen LogP contribution in [0.15, 0.2) is 95.7 Å². The van der Waals surface area contributed by atoms with E-state index in [4.69, 9.17) is 4.42 Å². The van der Waals surface area contributed by atoms with Gasteiger partial charge in [-0.1, -0.05) is 54.6 Å². The van der Waals surface area contributed by atoms with Crippen molar-refractivity contribution in [2.24, 2.45) is 0 Å². The number of hydrogen-bond donors (Lipinski definition) is 0. The number of para-hydroxylation sites is 1. The third-order valence-corrected chi connectivity index (χ3v) is 3.05. The lowest BCUT2D eigenvalue weighted by Gasteiger charge is -1.93. The maximum Gasteiger partial charge on any atom is 0.135 e. The lowest BCUT2D eigenvalue weighted by atomic mass is 10.1. The molecule has 0 aliphatic rings. The molecule has 4 aromatic rings. The first-order valence-electron chi connectivity index (χ1n) is 6.82. The largest absolute Gasteiger partial charge is 0.456 e. The summed E-state index contributed by atoms with van der Waals surface area (Å²) in [5.41, 5.74) is 2.06. The fraction of sp³-hybridized carbons (Fsp3) is 0. The number of fused-ring (bicyclic) bond motifs is 1. The van der Waals surface area contributed by atoms with E-state index in [1.165, 1.54) is 0 Å². The molecule has 2 aromatic heterocycles. The van der Waals surface area contributed by atoms with Crippen molar-refractivity contribution in [2.75, 3.05) is 0 Å². The van der Waals surface area contributed by atoms with Gasteiger partial charge in [0.1, 0.15) is 11.3 Å². The first kappa shape index (κ1) is 13.1. The SMILES string of the molecule is c1ccc(-c2cc3ccccc3o2)cc1.c1ccncc1. The molecule has 0 bridgehead atoms. The fourth-order valence-electron chi connectivity index (χ4n) is 2.04. The van der Waals surface area contributed by atoms with Gasteiger partial charge in [-0.05, 0) is 24.3 Å². The molecule has 0 aliphatic heterocycles. The maximum atomic E-state index is 5.75. The van der Waals surface area contributed by atoms with Gasteiger partial charge in [-0.15, -0.1) is 0 Å². The summed E-state index contributed by atoms with van der Waals surface area (Å²) in [6.45, 7) is 0. The van der Waals surface area contributed by atoms with Crippen LogP contribution in [0.25, 0.3) is 22.3 Å². The molecule has 0 unspecified atom stereocenters. The van der Waals surface area contributed by atoms with Crippen LogP contribution in [0.5, 0.6) is 0 Å². The summed E-state index contributed by atoms with van der Waals surface area (Å²) in [6, 6.07) is 26.0. The average molecular weight is 273 g/mol. The molecular weight excluding hydrogens is 258 g/mol. The van der Waals surface area contributed by atoms with Crippen LogP contribution in [0.2, 0.25) is 0 Å². The van der Waals surface area contributed by atoms with E-state index in [1.54, 1.807) is 12.4 Å². The molecule has 0 atom stereocenters. The van der Waals surface area contributed by atoms with E-state index in [-0.39, 0.29) is 0 Å². The molecule has 0 amide bonds. The number of furan rings is 1. The average Bonchev–Trinajstić information content (AvgIpc) is 3.02. The fourth-order valence-corrected chi connectivity index (χ4v) is 2.04. The second-order valence-corrected chi connectivity index (χ2v) is 4.54. The second-order valence-electron chi connectivity index (χ2n) is 4.54. The van der Waals surface area contributed by atoms with Crippen LogP contribution in [0.1, 0.15) is 0 Å². The standard InChI is InChI=1S/C14H10O.C5H5N/c1-2-6-11(7-3-1)14-10-12-8-4-5-9-13(12)15-14;1-2-4-6-5-3-1/h1-10H;1-5H. The molecule has 0 radical (unpaired) electrons. The normalized spacial score (nSPS) is 9.90. The van der Waals surface area contributed by atoms with Crippen molar-refractivity contribution < 1.29 is 4.42 Å². The second kappa shape index (κ2) is 6.53. The number of pyridine rings is 1. The van der Waals surface area contributed by atoms with Crippen LogP contribution in [-0.2, 0) is 0 Å². The van der Waals surface area contributed by atoms with E-state index >= 15 is 0 Å². The quantitative estimate of drug-likeness (QED) is 0.477. The highest BCUT2D eigenvalue weighted by Crippen LogP contribution is 2.27. The van der Waals surface area contributed by atoms with E-state index in [9.17, 15) is 0 Å². The lowest BCUT2D eigenvalue weighted by Crippen LogP contribution is -1.69. The van der Waals surface area contributed by atoms with Crippen LogP contribution < -0.4 is 0 Å². The molecule has 2 nitrogen and oxygen atoms in total. The zero-order valence-corrected chi connectivity index (χ0v) is 11.5. The zero-order valence-electron chi connectivity index (χ0n) is 11.5. The Labute approximate surface area is 123 Å². The molecular formula is C19H15NO. The lowest BCUT2D eigenvalue weighted by molar-refractivity contribution is 0.631. The number of nitrogens with zero attached hydrogens (tertiary/aromatic N) is 1. The Morgan fingerprint density at radius 3 is 1.95 bits per heavy atom. The Hall–Kier alpha value is -2.87. The van der Waals surface area contributed by atoms with Gasteiger partial charge in [-0.3, -0.25) is 4.98 Å². The minimum absolute atomic E-state index is 0.928. The zero-order chi connectivity index (χ0) is 14.3. The molecule has 2 aromatic carbocycles. The topological polar surface area (TPSA) is 26.0 Å². The summed E-state index contributed by atoms with van der Waals surface area (Å²) in [7, 11) is 0. The van der Waals surface area contributed by atoms with E-state index in [2.05, 4.69) is 29.2 Å². The Morgan fingerprint density at radius 2 is 1.33 bits per heavy atom. The van der Waals surface area contributed by atoms with Gasteiger partial charge in [0, 0.05) is 23.3 Å². The number of hydrogen-bond acceptors (Lipinski definition) is 2. The molecule has 102 valence electrons. The predicted octanol–water partition coefficient (Wildman–Crippen LogP) is 5.18. The van der Waals surface area contributed by atoms with Gasteiger partial charge < -0.3 is 4.42 Å². The third-order valence-electron chi connectivity index (χ3n) is 3.05. The van der Waals surface area contributed by atoms with Crippen LogP contribution in [-0.4, -0.2) is 4.98 Å². The molecule has 0 saturated carbocycles. The summed E-state index contributed by atoms with van der Waals surface area (Å²) in [4.78, 5) is 3.78. The summed E-state index contributed by atoms with van der Waals surface area (Å²) in [5.74, 6) is 0.928. The van der Waals surface area contributed by atoms with Crippen molar-refractivity contribution in [1.82, 2.24) is 4.98 Å². The Bertz CT molecular complexity index is 732. The van der Waals surface area contributed by atoms with Gasteiger partial charge in [0.2, 0.25) is 0 Å². The molecule has 0 fully saturated rings. The van der Waals surface area contributed by atoms with Gasteiger partial charge in [-0.25, -0.2) is 0 Å². The van der Waals surface area contributed by atoms with E-state index in [0.29, 0.717) is 0 Å². The molecule has 0 saturated heterocycles. The van der Waals surface area contributed by atoms with Gasteiger partial charge in [0.15, 0.2) is 0 Å². The highest BCUT2D eigenvalue weighted by atomic mass is 16.3. The van der Waals surface area contributed by atoms with Crippen molar-refractivity contribution in [3.8, 4) is 11.3 Å². The minimum Gasteiger partial charge on any atom is -0.456 e. The summed E-state index contributed by atoms with van der Waals surface area (Å²) >= 11 is 0.